The topological polar surface area (TPSA) is 23.6 Å². The van der Waals surface area contributed by atoms with Gasteiger partial charge in [0.25, 0.3) is 0 Å². The van der Waals surface area contributed by atoms with Gasteiger partial charge in [0.15, 0.2) is 5.78 Å². The molecule has 0 radical (unpaired) electrons. The molecule has 1 aromatic carbocycles. The second-order valence-corrected chi connectivity index (χ2v) is 8.97. The standard InChI is InChI=1S/C23H32N2OS/c1-18-7-4-5-9-22(18)10-12-25-11-6-8-20(16-25)14-24(3)15-21-13-23(19(2)26)27-17-21/h4-5,7,9,13,17,20H,6,8,10-12,14-16H2,1-3H3/t20-/m1/s1. The number of nitrogens with zero attached hydrogens (tertiary/aromatic N) is 2. The van der Waals surface area contributed by atoms with Crippen LogP contribution in [-0.2, 0) is 13.0 Å². The summed E-state index contributed by atoms with van der Waals surface area (Å²) < 4.78 is 0. The van der Waals surface area contributed by atoms with Gasteiger partial charge in [0.05, 0.1) is 4.88 Å². The van der Waals surface area contributed by atoms with Gasteiger partial charge in [-0.2, -0.15) is 0 Å². The number of rotatable bonds is 8. The molecule has 27 heavy (non-hydrogen) atoms. The number of Topliss-reactive ketones (excluding diaryl/α,β-unsaturated/α-hetero) is 1. The first-order chi connectivity index (χ1) is 13.0. The van der Waals surface area contributed by atoms with Crippen LogP contribution >= 0.6 is 11.3 Å². The van der Waals surface area contributed by atoms with E-state index in [0.29, 0.717) is 0 Å². The Morgan fingerprint density at radius 2 is 2.15 bits per heavy atom. The van der Waals surface area contributed by atoms with Crippen molar-refractivity contribution >= 4 is 17.1 Å². The summed E-state index contributed by atoms with van der Waals surface area (Å²) in [4.78, 5) is 17.4. The van der Waals surface area contributed by atoms with E-state index in [0.717, 1.165) is 36.9 Å². The van der Waals surface area contributed by atoms with Gasteiger partial charge in [0.1, 0.15) is 0 Å². The third-order valence-corrected chi connectivity index (χ3v) is 6.66. The van der Waals surface area contributed by atoms with Gasteiger partial charge in [-0.3, -0.25) is 4.79 Å². The van der Waals surface area contributed by atoms with Gasteiger partial charge < -0.3 is 9.80 Å². The molecule has 2 aromatic rings. The average molecular weight is 385 g/mol. The molecule has 1 aromatic heterocycles. The average Bonchev–Trinajstić information content (AvgIpc) is 3.10. The Labute approximate surface area is 168 Å². The van der Waals surface area contributed by atoms with Crippen LogP contribution in [0.3, 0.4) is 0 Å². The summed E-state index contributed by atoms with van der Waals surface area (Å²) in [6, 6.07) is 10.8. The molecule has 0 spiro atoms. The van der Waals surface area contributed by atoms with Crippen LogP contribution in [0.2, 0.25) is 0 Å². The van der Waals surface area contributed by atoms with E-state index in [4.69, 9.17) is 0 Å². The van der Waals surface area contributed by atoms with Gasteiger partial charge in [0.2, 0.25) is 0 Å². The Hall–Kier alpha value is -1.49. The highest BCUT2D eigenvalue weighted by molar-refractivity contribution is 7.12. The van der Waals surface area contributed by atoms with Gasteiger partial charge in [-0.25, -0.2) is 0 Å². The van der Waals surface area contributed by atoms with E-state index in [1.54, 1.807) is 18.3 Å². The molecule has 0 aliphatic carbocycles. The molecule has 0 unspecified atom stereocenters. The van der Waals surface area contributed by atoms with Crippen LogP contribution in [0.25, 0.3) is 0 Å². The number of piperidine rings is 1. The Morgan fingerprint density at radius 3 is 2.89 bits per heavy atom. The molecule has 2 heterocycles. The zero-order chi connectivity index (χ0) is 19.2. The van der Waals surface area contributed by atoms with Gasteiger partial charge in [-0.15, -0.1) is 11.3 Å². The molecule has 0 saturated carbocycles. The number of aryl methyl sites for hydroxylation is 1. The van der Waals surface area contributed by atoms with Crippen molar-refractivity contribution in [3.63, 3.8) is 0 Å². The number of hydrogen-bond acceptors (Lipinski definition) is 4. The molecule has 146 valence electrons. The number of hydrogen-bond donors (Lipinski definition) is 0. The van der Waals surface area contributed by atoms with Gasteiger partial charge >= 0.3 is 0 Å². The molecule has 1 aliphatic rings. The number of likely N-dealkylation sites (tertiary alicyclic amines) is 1. The quantitative estimate of drug-likeness (QED) is 0.619. The highest BCUT2D eigenvalue weighted by atomic mass is 32.1. The molecule has 0 N–H and O–H groups in total. The summed E-state index contributed by atoms with van der Waals surface area (Å²) in [6.45, 7) is 9.53. The molecule has 1 atom stereocenters. The first-order valence-corrected chi connectivity index (χ1v) is 10.9. The van der Waals surface area contributed by atoms with Crippen LogP contribution in [0.5, 0.6) is 0 Å². The number of carbonyl (C=O) groups is 1. The first kappa shape index (κ1) is 20.2. The summed E-state index contributed by atoms with van der Waals surface area (Å²) in [5.74, 6) is 0.914. The van der Waals surface area contributed by atoms with Gasteiger partial charge in [-0.05, 0) is 80.8 Å². The Kier molecular flexibility index (Phi) is 7.22. The summed E-state index contributed by atoms with van der Waals surface area (Å²) in [7, 11) is 2.21. The van der Waals surface area contributed by atoms with Crippen LogP contribution in [0, 0.1) is 12.8 Å². The molecule has 3 nitrogen and oxygen atoms in total. The second-order valence-electron chi connectivity index (χ2n) is 8.06. The number of carbonyl (C=O) groups excluding carboxylic acids is 1. The smallest absolute Gasteiger partial charge is 0.169 e. The minimum Gasteiger partial charge on any atom is -0.303 e. The van der Waals surface area contributed by atoms with Crippen LogP contribution in [-0.4, -0.2) is 48.8 Å². The Bertz CT molecular complexity index is 754. The van der Waals surface area contributed by atoms with Gasteiger partial charge in [-0.1, -0.05) is 24.3 Å². The second kappa shape index (κ2) is 9.63. The molecule has 1 aliphatic heterocycles. The largest absolute Gasteiger partial charge is 0.303 e. The van der Waals surface area contributed by atoms with Crippen molar-refractivity contribution in [2.75, 3.05) is 33.2 Å². The highest BCUT2D eigenvalue weighted by Gasteiger charge is 2.21. The third-order valence-electron chi connectivity index (χ3n) is 5.58. The summed E-state index contributed by atoms with van der Waals surface area (Å²) in [5, 5.41) is 2.13. The Morgan fingerprint density at radius 1 is 1.33 bits per heavy atom. The van der Waals surface area contributed by atoms with Crippen LogP contribution < -0.4 is 0 Å². The minimum atomic E-state index is 0.172. The van der Waals surface area contributed by atoms with Gasteiger partial charge in [0, 0.05) is 26.2 Å². The molecule has 3 rings (SSSR count). The third kappa shape index (κ3) is 6.00. The monoisotopic (exact) mass is 384 g/mol. The number of ketones is 1. The van der Waals surface area contributed by atoms with E-state index >= 15 is 0 Å². The zero-order valence-electron chi connectivity index (χ0n) is 16.9. The SMILES string of the molecule is CC(=O)c1cc(CN(C)C[C@H]2CCCN(CCc3ccccc3C)C2)cs1. The first-order valence-electron chi connectivity index (χ1n) is 10.0. The van der Waals surface area contributed by atoms with E-state index in [1.165, 1.54) is 42.6 Å². The molecular formula is C23H32N2OS. The van der Waals surface area contributed by atoms with E-state index in [9.17, 15) is 4.79 Å². The molecular weight excluding hydrogens is 352 g/mol. The normalized spacial score (nSPS) is 18.1. The van der Waals surface area contributed by atoms with Crippen molar-refractivity contribution in [2.45, 2.75) is 39.7 Å². The maximum atomic E-state index is 11.5. The fourth-order valence-electron chi connectivity index (χ4n) is 4.13. The Balaban J connectivity index is 1.46. The lowest BCUT2D eigenvalue weighted by atomic mass is 9.96. The fraction of sp³-hybridized carbons (Fsp3) is 0.522. The lowest BCUT2D eigenvalue weighted by Gasteiger charge is -2.34. The van der Waals surface area contributed by atoms with E-state index < -0.39 is 0 Å². The van der Waals surface area contributed by atoms with Crippen molar-refractivity contribution < 1.29 is 4.79 Å². The lowest BCUT2D eigenvalue weighted by molar-refractivity contribution is 0.102. The lowest BCUT2D eigenvalue weighted by Crippen LogP contribution is -2.40. The fourth-order valence-corrected chi connectivity index (χ4v) is 4.94. The van der Waals surface area contributed by atoms with Crippen molar-refractivity contribution in [1.82, 2.24) is 9.80 Å². The number of thiophene rings is 1. The minimum absolute atomic E-state index is 0.172. The summed E-state index contributed by atoms with van der Waals surface area (Å²) in [5.41, 5.74) is 4.15. The maximum absolute atomic E-state index is 11.5. The van der Waals surface area contributed by atoms with Crippen LogP contribution in [0.1, 0.15) is 46.1 Å². The number of benzene rings is 1. The van der Waals surface area contributed by atoms with E-state index in [2.05, 4.69) is 59.5 Å². The van der Waals surface area contributed by atoms with E-state index in [1.807, 2.05) is 0 Å². The summed E-state index contributed by atoms with van der Waals surface area (Å²) in [6.07, 6.45) is 3.78. The predicted molar refractivity (Wildman–Crippen MR) is 115 cm³/mol. The molecule has 4 heteroatoms. The molecule has 1 saturated heterocycles. The molecule has 1 fully saturated rings. The van der Waals surface area contributed by atoms with E-state index in [-0.39, 0.29) is 5.78 Å². The van der Waals surface area contributed by atoms with Crippen LogP contribution in [0.4, 0.5) is 0 Å². The van der Waals surface area contributed by atoms with Crippen molar-refractivity contribution in [2.24, 2.45) is 5.92 Å². The van der Waals surface area contributed by atoms with Crippen LogP contribution in [0.15, 0.2) is 35.7 Å². The molecule has 0 amide bonds. The van der Waals surface area contributed by atoms with Crippen molar-refractivity contribution in [3.05, 3.63) is 57.3 Å². The highest BCUT2D eigenvalue weighted by Crippen LogP contribution is 2.21. The van der Waals surface area contributed by atoms with Crippen molar-refractivity contribution in [3.8, 4) is 0 Å². The summed E-state index contributed by atoms with van der Waals surface area (Å²) >= 11 is 1.57. The zero-order valence-corrected chi connectivity index (χ0v) is 17.7. The predicted octanol–water partition coefficient (Wildman–Crippen LogP) is 4.65. The molecule has 0 bridgehead atoms. The van der Waals surface area contributed by atoms with Crippen molar-refractivity contribution in [1.29, 1.82) is 0 Å². The maximum Gasteiger partial charge on any atom is 0.169 e.